The molecule has 0 aromatic carbocycles. The lowest BCUT2D eigenvalue weighted by Gasteiger charge is -2.18. The molecule has 0 N–H and O–H groups in total. The minimum absolute atomic E-state index is 0.00825. The third-order valence-electron chi connectivity index (χ3n) is 3.41. The van der Waals surface area contributed by atoms with Gasteiger partial charge in [0.05, 0.1) is 17.0 Å². The van der Waals surface area contributed by atoms with Crippen molar-refractivity contribution in [2.24, 2.45) is 0 Å². The van der Waals surface area contributed by atoms with E-state index in [4.69, 9.17) is 0 Å². The number of carbonyl (C=O) groups is 1. The van der Waals surface area contributed by atoms with Crippen LogP contribution in [0.15, 0.2) is 30.7 Å². The number of nitrogens with zero attached hydrogens (tertiary/aromatic N) is 4. The van der Waals surface area contributed by atoms with Crippen LogP contribution in [0.4, 0.5) is 0 Å². The second-order valence-electron chi connectivity index (χ2n) is 4.61. The minimum atomic E-state index is 0.00825. The maximum Gasteiger partial charge on any atom is 0.255 e. The van der Waals surface area contributed by atoms with Crippen LogP contribution in [0.1, 0.15) is 36.8 Å². The first-order valence-corrected chi connectivity index (χ1v) is 7.26. The highest BCUT2D eigenvalue weighted by atomic mass is 16.2. The second-order valence-corrected chi connectivity index (χ2v) is 4.61. The molecule has 0 aliphatic carbocycles. The summed E-state index contributed by atoms with van der Waals surface area (Å²) in [5.74, 6) is 0.00825. The molecule has 2 heterocycles. The van der Waals surface area contributed by atoms with Gasteiger partial charge in [0.15, 0.2) is 0 Å². The Hall–Kier alpha value is -2.30. The van der Waals surface area contributed by atoms with Crippen molar-refractivity contribution < 1.29 is 4.79 Å². The molecule has 0 unspecified atom stereocenters. The molecular weight excluding hydrogens is 264 g/mol. The largest absolute Gasteiger partial charge is 0.339 e. The van der Waals surface area contributed by atoms with Gasteiger partial charge in [0.2, 0.25) is 0 Å². The summed E-state index contributed by atoms with van der Waals surface area (Å²) in [5, 5.41) is 0. The summed E-state index contributed by atoms with van der Waals surface area (Å²) >= 11 is 0. The van der Waals surface area contributed by atoms with Crippen molar-refractivity contribution in [3.63, 3.8) is 0 Å². The lowest BCUT2D eigenvalue weighted by Crippen LogP contribution is -2.30. The molecular formula is C16H20N4O. The summed E-state index contributed by atoms with van der Waals surface area (Å²) in [7, 11) is 0. The van der Waals surface area contributed by atoms with E-state index < -0.39 is 0 Å². The second kappa shape index (κ2) is 6.92. The van der Waals surface area contributed by atoms with Crippen molar-refractivity contribution in [1.29, 1.82) is 0 Å². The van der Waals surface area contributed by atoms with E-state index in [2.05, 4.69) is 15.0 Å². The number of amides is 1. The van der Waals surface area contributed by atoms with Gasteiger partial charge in [0.1, 0.15) is 5.69 Å². The molecule has 21 heavy (non-hydrogen) atoms. The third kappa shape index (κ3) is 3.24. The van der Waals surface area contributed by atoms with Crippen molar-refractivity contribution in [3.8, 4) is 11.4 Å². The zero-order chi connectivity index (χ0) is 15.2. The zero-order valence-electron chi connectivity index (χ0n) is 12.7. The van der Waals surface area contributed by atoms with E-state index >= 15 is 0 Å². The van der Waals surface area contributed by atoms with Gasteiger partial charge >= 0.3 is 0 Å². The lowest BCUT2D eigenvalue weighted by atomic mass is 10.1. The topological polar surface area (TPSA) is 59.0 Å². The fourth-order valence-corrected chi connectivity index (χ4v) is 2.19. The molecule has 0 fully saturated rings. The van der Waals surface area contributed by atoms with Crippen LogP contribution in [0.25, 0.3) is 11.4 Å². The highest BCUT2D eigenvalue weighted by Crippen LogP contribution is 2.18. The molecule has 2 rings (SSSR count). The van der Waals surface area contributed by atoms with E-state index in [9.17, 15) is 4.79 Å². The molecule has 0 aliphatic heterocycles. The van der Waals surface area contributed by atoms with Crippen LogP contribution >= 0.6 is 0 Å². The van der Waals surface area contributed by atoms with Crippen LogP contribution in [0.2, 0.25) is 0 Å². The number of aryl methyl sites for hydroxylation is 1. The van der Waals surface area contributed by atoms with Gasteiger partial charge in [0, 0.05) is 31.7 Å². The molecule has 110 valence electrons. The first-order chi connectivity index (χ1) is 10.2. The maximum atomic E-state index is 12.2. The third-order valence-corrected chi connectivity index (χ3v) is 3.41. The average molecular weight is 284 g/mol. The van der Waals surface area contributed by atoms with Gasteiger partial charge in [-0.2, -0.15) is 0 Å². The molecule has 5 nitrogen and oxygen atoms in total. The molecule has 0 saturated carbocycles. The molecule has 1 amide bonds. The Labute approximate surface area is 125 Å². The van der Waals surface area contributed by atoms with Crippen molar-refractivity contribution >= 4 is 5.91 Å². The van der Waals surface area contributed by atoms with Crippen molar-refractivity contribution in [1.82, 2.24) is 19.9 Å². The van der Waals surface area contributed by atoms with Gasteiger partial charge in [-0.05, 0) is 32.4 Å². The van der Waals surface area contributed by atoms with Crippen LogP contribution in [0.5, 0.6) is 0 Å². The molecule has 0 spiro atoms. The Kier molecular flexibility index (Phi) is 4.98. The summed E-state index contributed by atoms with van der Waals surface area (Å²) in [6, 6.07) is 3.64. The molecule has 0 aliphatic rings. The van der Waals surface area contributed by atoms with Crippen LogP contribution in [0, 0.1) is 0 Å². The van der Waals surface area contributed by atoms with Gasteiger partial charge in [-0.25, -0.2) is 0 Å². The SMILES string of the molecule is CCc1nccnc1-c1ccc(C(=O)N(CC)CC)cn1. The zero-order valence-corrected chi connectivity index (χ0v) is 12.7. The average Bonchev–Trinajstić information content (AvgIpc) is 2.56. The summed E-state index contributed by atoms with van der Waals surface area (Å²) < 4.78 is 0. The Bertz CT molecular complexity index is 606. The monoisotopic (exact) mass is 284 g/mol. The number of hydrogen-bond acceptors (Lipinski definition) is 4. The first kappa shape index (κ1) is 15.1. The first-order valence-electron chi connectivity index (χ1n) is 7.26. The molecule has 2 aromatic heterocycles. The number of aromatic nitrogens is 3. The summed E-state index contributed by atoms with van der Waals surface area (Å²) in [5.41, 5.74) is 3.04. The Morgan fingerprint density at radius 3 is 2.33 bits per heavy atom. The molecule has 0 saturated heterocycles. The van der Waals surface area contributed by atoms with E-state index in [0.29, 0.717) is 18.7 Å². The highest BCUT2D eigenvalue weighted by Gasteiger charge is 2.14. The molecule has 0 bridgehead atoms. The molecule has 5 heteroatoms. The summed E-state index contributed by atoms with van der Waals surface area (Å²) in [4.78, 5) is 27.0. The Morgan fingerprint density at radius 2 is 1.76 bits per heavy atom. The van der Waals surface area contributed by atoms with Gasteiger partial charge in [-0.1, -0.05) is 6.92 Å². The Morgan fingerprint density at radius 1 is 1.05 bits per heavy atom. The predicted molar refractivity (Wildman–Crippen MR) is 81.9 cm³/mol. The number of pyridine rings is 1. The van der Waals surface area contributed by atoms with Crippen LogP contribution < -0.4 is 0 Å². The lowest BCUT2D eigenvalue weighted by molar-refractivity contribution is 0.0772. The molecule has 2 aromatic rings. The van der Waals surface area contributed by atoms with Gasteiger partial charge in [0.25, 0.3) is 5.91 Å². The van der Waals surface area contributed by atoms with E-state index in [-0.39, 0.29) is 5.91 Å². The quantitative estimate of drug-likeness (QED) is 0.846. The van der Waals surface area contributed by atoms with Gasteiger partial charge in [-0.3, -0.25) is 19.7 Å². The highest BCUT2D eigenvalue weighted by molar-refractivity contribution is 5.94. The fourth-order valence-electron chi connectivity index (χ4n) is 2.19. The normalized spacial score (nSPS) is 10.4. The van der Waals surface area contributed by atoms with Gasteiger partial charge < -0.3 is 4.90 Å². The number of rotatable bonds is 5. The smallest absolute Gasteiger partial charge is 0.255 e. The maximum absolute atomic E-state index is 12.2. The van der Waals surface area contributed by atoms with Crippen molar-refractivity contribution in [3.05, 3.63) is 42.0 Å². The van der Waals surface area contributed by atoms with E-state index in [1.165, 1.54) is 0 Å². The molecule has 0 radical (unpaired) electrons. The number of hydrogen-bond donors (Lipinski definition) is 0. The van der Waals surface area contributed by atoms with Crippen LogP contribution in [0.3, 0.4) is 0 Å². The summed E-state index contributed by atoms with van der Waals surface area (Å²) in [6.07, 6.45) is 5.75. The van der Waals surface area contributed by atoms with Crippen molar-refractivity contribution in [2.75, 3.05) is 13.1 Å². The van der Waals surface area contributed by atoms with E-state index in [1.54, 1.807) is 29.6 Å². The van der Waals surface area contributed by atoms with Crippen LogP contribution in [-0.4, -0.2) is 38.8 Å². The van der Waals surface area contributed by atoms with Crippen molar-refractivity contribution in [2.45, 2.75) is 27.2 Å². The summed E-state index contributed by atoms with van der Waals surface area (Å²) in [6.45, 7) is 7.36. The fraction of sp³-hybridized carbons (Fsp3) is 0.375. The number of carbonyl (C=O) groups excluding carboxylic acids is 1. The predicted octanol–water partition coefficient (Wildman–Crippen LogP) is 2.58. The molecule has 0 atom stereocenters. The van der Waals surface area contributed by atoms with Crippen LogP contribution in [-0.2, 0) is 6.42 Å². The van der Waals surface area contributed by atoms with Gasteiger partial charge in [-0.15, -0.1) is 0 Å². The standard InChI is InChI=1S/C16H20N4O/c1-4-13-15(18-10-9-17-13)14-8-7-12(11-19-14)16(21)20(5-2)6-3/h7-11H,4-6H2,1-3H3. The Balaban J connectivity index is 2.29. The minimum Gasteiger partial charge on any atom is -0.339 e. The van der Waals surface area contributed by atoms with E-state index in [1.807, 2.05) is 26.8 Å². The van der Waals surface area contributed by atoms with E-state index in [0.717, 1.165) is 23.5 Å².